The normalized spacial score (nSPS) is 26.2. The number of nitriles is 1. The lowest BCUT2D eigenvalue weighted by Crippen LogP contribution is -2.51. The van der Waals surface area contributed by atoms with Crippen molar-refractivity contribution in [3.05, 3.63) is 23.8 Å². The van der Waals surface area contributed by atoms with E-state index in [0.29, 0.717) is 5.46 Å². The molecule has 2 heterocycles. The lowest BCUT2D eigenvalue weighted by molar-refractivity contribution is -0.143. The Kier molecular flexibility index (Phi) is 6.14. The number of aliphatic hydroxyl groups excluding tert-OH is 1. The van der Waals surface area contributed by atoms with E-state index in [2.05, 4.69) is 6.07 Å². The van der Waals surface area contributed by atoms with Crippen LogP contribution >= 0.6 is 0 Å². The first-order valence-electron chi connectivity index (χ1n) is 10.1. The van der Waals surface area contributed by atoms with Gasteiger partial charge in [0.1, 0.15) is 24.0 Å². The highest BCUT2D eigenvalue weighted by Gasteiger charge is 2.51. The summed E-state index contributed by atoms with van der Waals surface area (Å²) in [4.78, 5) is 13.2. The summed E-state index contributed by atoms with van der Waals surface area (Å²) >= 11 is 0. The van der Waals surface area contributed by atoms with Crippen LogP contribution in [-0.4, -0.2) is 65.7 Å². The molecule has 0 bridgehead atoms. The van der Waals surface area contributed by atoms with Gasteiger partial charge in [0.05, 0.1) is 23.3 Å². The Morgan fingerprint density at radius 3 is 2.53 bits per heavy atom. The number of benzene rings is 1. The van der Waals surface area contributed by atoms with Crippen molar-refractivity contribution < 1.29 is 28.3 Å². The molecule has 9 heteroatoms. The van der Waals surface area contributed by atoms with E-state index in [1.807, 2.05) is 27.7 Å². The monoisotopic (exact) mass is 418 g/mol. The third kappa shape index (κ3) is 4.31. The first-order chi connectivity index (χ1) is 13.9. The van der Waals surface area contributed by atoms with Crippen LogP contribution < -0.4 is 10.2 Å². The zero-order valence-corrected chi connectivity index (χ0v) is 18.0. The van der Waals surface area contributed by atoms with E-state index in [1.165, 1.54) is 11.8 Å². The molecule has 1 amide bonds. The van der Waals surface area contributed by atoms with Crippen LogP contribution in [0.3, 0.4) is 0 Å². The maximum Gasteiger partial charge on any atom is 0.494 e. The predicted molar refractivity (Wildman–Crippen MR) is 109 cm³/mol. The van der Waals surface area contributed by atoms with E-state index in [4.69, 9.17) is 14.0 Å². The smallest absolute Gasteiger partial charge is 0.486 e. The molecule has 1 aromatic rings. The molecule has 0 aromatic heterocycles. The van der Waals surface area contributed by atoms with E-state index >= 15 is 0 Å². The first kappa shape index (κ1) is 22.5. The van der Waals surface area contributed by atoms with Crippen molar-refractivity contribution in [1.29, 1.82) is 5.26 Å². The lowest BCUT2D eigenvalue weighted by Gasteiger charge is -2.35. The molecule has 2 saturated heterocycles. The summed E-state index contributed by atoms with van der Waals surface area (Å²) in [5.41, 5.74) is -0.0551. The van der Waals surface area contributed by atoms with Crippen molar-refractivity contribution in [2.24, 2.45) is 0 Å². The number of ether oxygens (including phenoxy) is 1. The van der Waals surface area contributed by atoms with Crippen LogP contribution in [0.4, 0.5) is 4.39 Å². The minimum absolute atomic E-state index is 0.151. The molecule has 3 rings (SSSR count). The largest absolute Gasteiger partial charge is 0.494 e. The van der Waals surface area contributed by atoms with E-state index < -0.39 is 42.6 Å². The summed E-state index contributed by atoms with van der Waals surface area (Å²) in [5.74, 6) is -0.221. The highest BCUT2D eigenvalue weighted by Crippen LogP contribution is 2.36. The summed E-state index contributed by atoms with van der Waals surface area (Å²) in [5, 5.41) is 19.0. The van der Waals surface area contributed by atoms with Gasteiger partial charge in [-0.25, -0.2) is 4.39 Å². The molecule has 162 valence electrons. The van der Waals surface area contributed by atoms with Gasteiger partial charge in [0, 0.05) is 13.0 Å². The van der Waals surface area contributed by atoms with Gasteiger partial charge in [-0.1, -0.05) is 6.07 Å². The second-order valence-electron chi connectivity index (χ2n) is 8.88. The van der Waals surface area contributed by atoms with Crippen LogP contribution in [0.15, 0.2) is 18.2 Å². The number of carbonyl (C=O) groups excluding carboxylic acids is 1. The van der Waals surface area contributed by atoms with Gasteiger partial charge in [-0.3, -0.25) is 4.79 Å². The van der Waals surface area contributed by atoms with Crippen molar-refractivity contribution in [3.63, 3.8) is 0 Å². The zero-order valence-electron chi connectivity index (χ0n) is 18.0. The molecule has 0 saturated carbocycles. The minimum Gasteiger partial charge on any atom is -0.486 e. The average Bonchev–Trinajstić information content (AvgIpc) is 2.90. The molecule has 7 nitrogen and oxygen atoms in total. The number of rotatable bonds is 4. The number of hydrogen-bond donors (Lipinski definition) is 1. The maximum absolute atomic E-state index is 14.6. The fourth-order valence-corrected chi connectivity index (χ4v) is 3.51. The van der Waals surface area contributed by atoms with Crippen molar-refractivity contribution in [1.82, 2.24) is 4.90 Å². The first-order valence-corrected chi connectivity index (χ1v) is 10.1. The molecule has 30 heavy (non-hydrogen) atoms. The Hall–Kier alpha value is -2.15. The van der Waals surface area contributed by atoms with Crippen LogP contribution in [0.25, 0.3) is 0 Å². The molecule has 0 spiro atoms. The number of halogens is 1. The van der Waals surface area contributed by atoms with Gasteiger partial charge in [0.2, 0.25) is 0 Å². The van der Waals surface area contributed by atoms with Gasteiger partial charge in [0.15, 0.2) is 6.17 Å². The molecule has 1 N–H and O–H groups in total. The molecule has 1 aromatic carbocycles. The molecule has 3 atom stereocenters. The minimum atomic E-state index is -1.42. The number of alkyl halides is 1. The van der Waals surface area contributed by atoms with Crippen LogP contribution in [-0.2, 0) is 14.1 Å². The number of amides is 1. The van der Waals surface area contributed by atoms with Gasteiger partial charge in [-0.15, -0.1) is 0 Å². The third-order valence-electron chi connectivity index (χ3n) is 6.08. The Morgan fingerprint density at radius 1 is 1.37 bits per heavy atom. The summed E-state index contributed by atoms with van der Waals surface area (Å²) in [6.45, 7) is 9.29. The molecular formula is C21H28BFN2O5. The van der Waals surface area contributed by atoms with Gasteiger partial charge in [-0.2, -0.15) is 5.26 Å². The topological polar surface area (TPSA) is 92.0 Å². The summed E-state index contributed by atoms with van der Waals surface area (Å²) < 4.78 is 32.5. The van der Waals surface area contributed by atoms with Crippen molar-refractivity contribution in [2.45, 2.75) is 70.6 Å². The van der Waals surface area contributed by atoms with Crippen LogP contribution in [0.5, 0.6) is 5.75 Å². The lowest BCUT2D eigenvalue weighted by atomic mass is 9.78. The second-order valence-corrected chi connectivity index (χ2v) is 8.88. The molecule has 0 unspecified atom stereocenters. The van der Waals surface area contributed by atoms with E-state index in [-0.39, 0.29) is 30.8 Å². The van der Waals surface area contributed by atoms with Gasteiger partial charge >= 0.3 is 7.12 Å². The predicted octanol–water partition coefficient (Wildman–Crippen LogP) is 1.56. The third-order valence-corrected chi connectivity index (χ3v) is 6.08. The fourth-order valence-electron chi connectivity index (χ4n) is 3.51. The average molecular weight is 418 g/mol. The SMILES string of the molecule is C[C@H](O)C(=O)N1CC[C@H](Oc2ccc(B3OC(C)(C)C(C)(C)O3)cc2C#N)[C@@H](F)C1. The number of carbonyl (C=O) groups is 1. The van der Waals surface area contributed by atoms with Gasteiger partial charge < -0.3 is 24.1 Å². The summed E-state index contributed by atoms with van der Waals surface area (Å²) in [7, 11) is -0.611. The van der Waals surface area contributed by atoms with Crippen LogP contribution in [0.1, 0.15) is 46.6 Å². The Morgan fingerprint density at radius 2 is 2.00 bits per heavy atom. The molecule has 0 aliphatic carbocycles. The highest BCUT2D eigenvalue weighted by molar-refractivity contribution is 6.62. The summed E-state index contributed by atoms with van der Waals surface area (Å²) in [6, 6.07) is 7.10. The number of aliphatic hydroxyl groups is 1. The van der Waals surface area contributed by atoms with Crippen LogP contribution in [0, 0.1) is 11.3 Å². The molecule has 2 fully saturated rings. The quantitative estimate of drug-likeness (QED) is 0.747. The number of nitrogens with zero attached hydrogens (tertiary/aromatic N) is 2. The Bertz CT molecular complexity index is 838. The zero-order chi connectivity index (χ0) is 22.3. The van der Waals surface area contributed by atoms with E-state index in [9.17, 15) is 19.6 Å². The van der Waals surface area contributed by atoms with Crippen molar-refractivity contribution >= 4 is 18.5 Å². The van der Waals surface area contributed by atoms with E-state index in [0.717, 1.165) is 0 Å². The maximum atomic E-state index is 14.6. The van der Waals surface area contributed by atoms with Gasteiger partial charge in [0.25, 0.3) is 5.91 Å². The summed E-state index contributed by atoms with van der Waals surface area (Å²) in [6.07, 6.45) is -3.10. The number of likely N-dealkylation sites (tertiary alicyclic amines) is 1. The van der Waals surface area contributed by atoms with Gasteiger partial charge in [-0.05, 0) is 52.2 Å². The van der Waals surface area contributed by atoms with Crippen molar-refractivity contribution in [3.8, 4) is 11.8 Å². The standard InChI is InChI=1S/C21H28BFN2O5/c1-13(26)19(27)25-9-8-18(16(23)12-25)28-17-7-6-15(10-14(17)11-24)22-29-20(2,3)21(4,5)30-22/h6-7,10,13,16,18,26H,8-9,12H2,1-5H3/t13-,16-,18-/m0/s1. The van der Waals surface area contributed by atoms with E-state index in [1.54, 1.807) is 18.2 Å². The highest BCUT2D eigenvalue weighted by atomic mass is 19.1. The number of hydrogen-bond acceptors (Lipinski definition) is 6. The molecule has 2 aliphatic heterocycles. The number of piperidine rings is 1. The molecule has 2 aliphatic rings. The second kappa shape index (κ2) is 8.18. The fraction of sp³-hybridized carbons (Fsp3) is 0.619. The molecule has 0 radical (unpaired) electrons. The Labute approximate surface area is 176 Å². The Balaban J connectivity index is 1.71. The van der Waals surface area contributed by atoms with Crippen LogP contribution in [0.2, 0.25) is 0 Å². The molecular weight excluding hydrogens is 390 g/mol. The van der Waals surface area contributed by atoms with Crippen molar-refractivity contribution in [2.75, 3.05) is 13.1 Å².